The van der Waals surface area contributed by atoms with Crippen LogP contribution in [0, 0.1) is 6.92 Å². The number of benzene rings is 2. The van der Waals surface area contributed by atoms with Crippen molar-refractivity contribution >= 4 is 29.4 Å². The molecule has 0 radical (unpaired) electrons. The smallest absolute Gasteiger partial charge is 0.323 e. The lowest BCUT2D eigenvalue weighted by Crippen LogP contribution is -2.49. The summed E-state index contributed by atoms with van der Waals surface area (Å²) in [4.78, 5) is 27.8. The normalized spacial score (nSPS) is 18.4. The highest BCUT2D eigenvalue weighted by molar-refractivity contribution is 7.99. The number of ether oxygens (including phenoxy) is 1. The number of rotatable bonds is 6. The molecule has 0 spiro atoms. The van der Waals surface area contributed by atoms with Gasteiger partial charge in [-0.15, -0.1) is 11.8 Å². The van der Waals surface area contributed by atoms with Gasteiger partial charge in [-0.05, 0) is 36.6 Å². The average Bonchev–Trinajstić information content (AvgIpc) is 3.18. The second-order valence-corrected chi connectivity index (χ2v) is 8.00. The summed E-state index contributed by atoms with van der Waals surface area (Å²) in [6.45, 7) is 4.62. The van der Waals surface area contributed by atoms with Gasteiger partial charge in [0.1, 0.15) is 17.2 Å². The number of urea groups is 1. The number of hydrogen-bond donors (Lipinski definition) is 2. The third-order valence-corrected chi connectivity index (χ3v) is 6.19. The zero-order chi connectivity index (χ0) is 20.8. The largest absolute Gasteiger partial charge is 0.495 e. The molecular formula is C22H27N3O3S. The van der Waals surface area contributed by atoms with Crippen LogP contribution >= 0.6 is 11.8 Å². The molecule has 2 aromatic rings. The van der Waals surface area contributed by atoms with Gasteiger partial charge in [-0.1, -0.05) is 43.3 Å². The van der Waals surface area contributed by atoms with Crippen LogP contribution < -0.4 is 15.4 Å². The average molecular weight is 414 g/mol. The highest BCUT2D eigenvalue weighted by Gasteiger charge is 2.42. The molecule has 29 heavy (non-hydrogen) atoms. The van der Waals surface area contributed by atoms with Crippen molar-refractivity contribution in [2.24, 2.45) is 0 Å². The molecule has 2 aromatic carbocycles. The highest BCUT2D eigenvalue weighted by atomic mass is 32.2. The molecule has 3 rings (SSSR count). The van der Waals surface area contributed by atoms with Gasteiger partial charge in [-0.25, -0.2) is 4.79 Å². The van der Waals surface area contributed by atoms with Crippen molar-refractivity contribution in [2.75, 3.05) is 24.7 Å². The highest BCUT2D eigenvalue weighted by Crippen LogP contribution is 2.43. The van der Waals surface area contributed by atoms with Crippen LogP contribution in [0.15, 0.2) is 48.5 Å². The van der Waals surface area contributed by atoms with Gasteiger partial charge in [0, 0.05) is 12.3 Å². The maximum absolute atomic E-state index is 13.3. The maximum Gasteiger partial charge on any atom is 0.323 e. The number of hydrogen-bond acceptors (Lipinski definition) is 4. The van der Waals surface area contributed by atoms with Gasteiger partial charge in [0.15, 0.2) is 0 Å². The van der Waals surface area contributed by atoms with E-state index in [9.17, 15) is 9.59 Å². The van der Waals surface area contributed by atoms with E-state index in [1.165, 1.54) is 0 Å². The molecule has 3 amide bonds. The van der Waals surface area contributed by atoms with Crippen LogP contribution in [0.25, 0.3) is 0 Å². The summed E-state index contributed by atoms with van der Waals surface area (Å²) in [5.41, 5.74) is 2.71. The molecule has 7 heteroatoms. The van der Waals surface area contributed by atoms with E-state index in [1.54, 1.807) is 35.9 Å². The number of aryl methyl sites for hydroxylation is 1. The van der Waals surface area contributed by atoms with Crippen LogP contribution in [-0.4, -0.2) is 42.3 Å². The van der Waals surface area contributed by atoms with E-state index in [0.717, 1.165) is 17.5 Å². The SMILES string of the molecule is CCCNC(=O)[C@@H]1CS[C@H](c2ccccc2C)N1C(=O)Nc1ccccc1OC. The summed E-state index contributed by atoms with van der Waals surface area (Å²) in [6.07, 6.45) is 0.847. The molecule has 0 bridgehead atoms. The van der Waals surface area contributed by atoms with Gasteiger partial charge in [0.25, 0.3) is 0 Å². The lowest BCUT2D eigenvalue weighted by Gasteiger charge is -2.30. The Labute approximate surface area is 176 Å². The van der Waals surface area contributed by atoms with E-state index in [2.05, 4.69) is 10.6 Å². The quantitative estimate of drug-likeness (QED) is 0.745. The number of methoxy groups -OCH3 is 1. The summed E-state index contributed by atoms with van der Waals surface area (Å²) in [6, 6.07) is 14.4. The van der Waals surface area contributed by atoms with E-state index >= 15 is 0 Å². The summed E-state index contributed by atoms with van der Waals surface area (Å²) in [5, 5.41) is 5.63. The minimum absolute atomic E-state index is 0.120. The Morgan fingerprint density at radius 3 is 2.62 bits per heavy atom. The lowest BCUT2D eigenvalue weighted by atomic mass is 10.1. The molecule has 0 aromatic heterocycles. The number of amides is 3. The van der Waals surface area contributed by atoms with Crippen LogP contribution in [0.1, 0.15) is 29.8 Å². The number of nitrogens with zero attached hydrogens (tertiary/aromatic N) is 1. The number of nitrogens with one attached hydrogen (secondary N) is 2. The van der Waals surface area contributed by atoms with E-state index in [0.29, 0.717) is 23.7 Å². The topological polar surface area (TPSA) is 70.7 Å². The third kappa shape index (κ3) is 4.67. The molecule has 2 atom stereocenters. The minimum atomic E-state index is -0.536. The fraction of sp³-hybridized carbons (Fsp3) is 0.364. The van der Waals surface area contributed by atoms with E-state index in [-0.39, 0.29) is 17.3 Å². The van der Waals surface area contributed by atoms with Crippen molar-refractivity contribution < 1.29 is 14.3 Å². The second-order valence-electron chi connectivity index (χ2n) is 6.89. The van der Waals surface area contributed by atoms with Gasteiger partial charge < -0.3 is 15.4 Å². The van der Waals surface area contributed by atoms with Crippen molar-refractivity contribution in [3.8, 4) is 5.75 Å². The Morgan fingerprint density at radius 2 is 1.90 bits per heavy atom. The first-order valence-electron chi connectivity index (χ1n) is 9.74. The van der Waals surface area contributed by atoms with Gasteiger partial charge >= 0.3 is 6.03 Å². The molecule has 1 aliphatic rings. The Balaban J connectivity index is 1.91. The molecule has 1 saturated heterocycles. The number of anilines is 1. The summed E-state index contributed by atoms with van der Waals surface area (Å²) in [7, 11) is 1.56. The maximum atomic E-state index is 13.3. The van der Waals surface area contributed by atoms with Crippen molar-refractivity contribution in [3.05, 3.63) is 59.7 Å². The summed E-state index contributed by atoms with van der Waals surface area (Å²) >= 11 is 1.61. The number of carbonyl (C=O) groups is 2. The van der Waals surface area contributed by atoms with Crippen LogP contribution in [0.4, 0.5) is 10.5 Å². The van der Waals surface area contributed by atoms with E-state index < -0.39 is 6.04 Å². The molecule has 0 unspecified atom stereocenters. The second kappa shape index (κ2) is 9.69. The Hall–Kier alpha value is -2.67. The zero-order valence-corrected chi connectivity index (χ0v) is 17.8. The predicted molar refractivity (Wildman–Crippen MR) is 117 cm³/mol. The van der Waals surface area contributed by atoms with Crippen LogP contribution in [-0.2, 0) is 4.79 Å². The van der Waals surface area contributed by atoms with Gasteiger partial charge in [-0.2, -0.15) is 0 Å². The number of thioether (sulfide) groups is 1. The van der Waals surface area contributed by atoms with E-state index in [4.69, 9.17) is 4.74 Å². The van der Waals surface area contributed by atoms with Gasteiger partial charge in [0.05, 0.1) is 12.8 Å². The van der Waals surface area contributed by atoms with Crippen molar-refractivity contribution in [1.82, 2.24) is 10.2 Å². The van der Waals surface area contributed by atoms with Crippen molar-refractivity contribution in [2.45, 2.75) is 31.7 Å². The Bertz CT molecular complexity index is 874. The van der Waals surface area contributed by atoms with Crippen LogP contribution in [0.3, 0.4) is 0 Å². The van der Waals surface area contributed by atoms with Crippen molar-refractivity contribution in [3.63, 3.8) is 0 Å². The first-order chi connectivity index (χ1) is 14.1. The standard InChI is InChI=1S/C22H27N3O3S/c1-4-13-23-20(26)18-14-29-21(16-10-6-5-9-15(16)2)25(18)22(27)24-17-11-7-8-12-19(17)28-3/h5-12,18,21H,4,13-14H2,1-3H3,(H,23,26)(H,24,27)/t18-,21+/m0/s1. The molecule has 6 nitrogen and oxygen atoms in total. The summed E-state index contributed by atoms with van der Waals surface area (Å²) in [5.74, 6) is 1.01. The molecule has 1 aliphatic heterocycles. The summed E-state index contributed by atoms with van der Waals surface area (Å²) < 4.78 is 5.35. The molecule has 1 fully saturated rings. The minimum Gasteiger partial charge on any atom is -0.495 e. The molecular weight excluding hydrogens is 386 g/mol. The first-order valence-corrected chi connectivity index (χ1v) is 10.8. The van der Waals surface area contributed by atoms with Crippen LogP contribution in [0.2, 0.25) is 0 Å². The Morgan fingerprint density at radius 1 is 1.17 bits per heavy atom. The molecule has 1 heterocycles. The third-order valence-electron chi connectivity index (χ3n) is 4.89. The molecule has 0 saturated carbocycles. The van der Waals surface area contributed by atoms with Gasteiger partial charge in [0.2, 0.25) is 5.91 Å². The monoisotopic (exact) mass is 413 g/mol. The fourth-order valence-electron chi connectivity index (χ4n) is 3.35. The Kier molecular flexibility index (Phi) is 7.04. The number of carbonyl (C=O) groups excluding carboxylic acids is 2. The molecule has 154 valence electrons. The van der Waals surface area contributed by atoms with Crippen molar-refractivity contribution in [1.29, 1.82) is 0 Å². The van der Waals surface area contributed by atoms with Gasteiger partial charge in [-0.3, -0.25) is 9.69 Å². The molecule has 2 N–H and O–H groups in total. The zero-order valence-electron chi connectivity index (χ0n) is 17.0. The first kappa shape index (κ1) is 21.0. The number of para-hydroxylation sites is 2. The molecule has 0 aliphatic carbocycles. The lowest BCUT2D eigenvalue weighted by molar-refractivity contribution is -0.124. The fourth-order valence-corrected chi connectivity index (χ4v) is 4.88. The van der Waals surface area contributed by atoms with E-state index in [1.807, 2.05) is 50.2 Å². The predicted octanol–water partition coefficient (Wildman–Crippen LogP) is 4.18. The van der Waals surface area contributed by atoms with Crippen LogP contribution in [0.5, 0.6) is 5.75 Å².